The number of Topliss-reactive ketones (excluding diaryl/α,β-unsaturated/α-hetero) is 1. The summed E-state index contributed by atoms with van der Waals surface area (Å²) in [5.41, 5.74) is 0.782. The van der Waals surface area contributed by atoms with E-state index in [2.05, 4.69) is 38.5 Å². The Morgan fingerprint density at radius 3 is 2.83 bits per heavy atom. The standard InChI is InChI=1S/C9H8BrIO/c1-2-9(12)7-5-6(11)3-4-8(7)10/h3-5H,2H2,1H3. The molecule has 0 atom stereocenters. The lowest BCUT2D eigenvalue weighted by Gasteiger charge is -2.01. The van der Waals surface area contributed by atoms with Gasteiger partial charge in [0.05, 0.1) is 0 Å². The monoisotopic (exact) mass is 338 g/mol. The number of benzene rings is 1. The van der Waals surface area contributed by atoms with Crippen LogP contribution in [0, 0.1) is 3.57 Å². The number of halogens is 2. The lowest BCUT2D eigenvalue weighted by Crippen LogP contribution is -1.97. The molecule has 3 heteroatoms. The minimum atomic E-state index is 0.181. The summed E-state index contributed by atoms with van der Waals surface area (Å²) < 4.78 is 1.97. The van der Waals surface area contributed by atoms with Crippen molar-refractivity contribution in [2.75, 3.05) is 0 Å². The van der Waals surface area contributed by atoms with E-state index in [0.29, 0.717) is 6.42 Å². The van der Waals surface area contributed by atoms with Crippen molar-refractivity contribution >= 4 is 44.3 Å². The third kappa shape index (κ3) is 2.29. The quantitative estimate of drug-likeness (QED) is 0.594. The zero-order chi connectivity index (χ0) is 9.14. The van der Waals surface area contributed by atoms with Gasteiger partial charge in [0, 0.05) is 20.0 Å². The summed E-state index contributed by atoms with van der Waals surface area (Å²) in [5.74, 6) is 0.181. The molecular weight excluding hydrogens is 331 g/mol. The molecule has 0 aliphatic rings. The van der Waals surface area contributed by atoms with Crippen LogP contribution in [0.1, 0.15) is 23.7 Å². The molecule has 0 fully saturated rings. The van der Waals surface area contributed by atoms with Crippen molar-refractivity contribution in [1.29, 1.82) is 0 Å². The number of rotatable bonds is 2. The molecule has 0 radical (unpaired) electrons. The molecule has 1 aromatic rings. The maximum Gasteiger partial charge on any atom is 0.163 e. The van der Waals surface area contributed by atoms with Crippen molar-refractivity contribution in [3.63, 3.8) is 0 Å². The van der Waals surface area contributed by atoms with Crippen molar-refractivity contribution in [2.24, 2.45) is 0 Å². The first-order chi connectivity index (χ1) is 5.65. The van der Waals surface area contributed by atoms with Crippen LogP contribution in [0.5, 0.6) is 0 Å². The van der Waals surface area contributed by atoms with E-state index in [4.69, 9.17) is 0 Å². The predicted molar refractivity (Wildman–Crippen MR) is 61.5 cm³/mol. The highest BCUT2D eigenvalue weighted by Crippen LogP contribution is 2.20. The minimum Gasteiger partial charge on any atom is -0.294 e. The van der Waals surface area contributed by atoms with Gasteiger partial charge in [0.2, 0.25) is 0 Å². The Morgan fingerprint density at radius 2 is 2.25 bits per heavy atom. The molecule has 12 heavy (non-hydrogen) atoms. The van der Waals surface area contributed by atoms with Crippen LogP contribution in [0.15, 0.2) is 22.7 Å². The highest BCUT2D eigenvalue weighted by Gasteiger charge is 2.07. The summed E-state index contributed by atoms with van der Waals surface area (Å²) in [7, 11) is 0. The fraction of sp³-hybridized carbons (Fsp3) is 0.222. The van der Waals surface area contributed by atoms with E-state index in [1.807, 2.05) is 25.1 Å². The number of ketones is 1. The second kappa shape index (κ2) is 4.37. The van der Waals surface area contributed by atoms with Gasteiger partial charge in [0.25, 0.3) is 0 Å². The van der Waals surface area contributed by atoms with E-state index in [0.717, 1.165) is 13.6 Å². The van der Waals surface area contributed by atoms with Gasteiger partial charge in [0.15, 0.2) is 5.78 Å². The van der Waals surface area contributed by atoms with E-state index in [-0.39, 0.29) is 5.78 Å². The minimum absolute atomic E-state index is 0.181. The molecule has 1 nitrogen and oxygen atoms in total. The lowest BCUT2D eigenvalue weighted by atomic mass is 10.1. The van der Waals surface area contributed by atoms with Crippen LogP contribution >= 0.6 is 38.5 Å². The topological polar surface area (TPSA) is 17.1 Å². The lowest BCUT2D eigenvalue weighted by molar-refractivity contribution is 0.0987. The molecule has 0 heterocycles. The van der Waals surface area contributed by atoms with Crippen molar-refractivity contribution in [3.05, 3.63) is 31.8 Å². The maximum atomic E-state index is 11.4. The first-order valence-corrected chi connectivity index (χ1v) is 5.50. The summed E-state index contributed by atoms with van der Waals surface area (Å²) in [6.45, 7) is 1.87. The molecular formula is C9H8BrIO. The Morgan fingerprint density at radius 1 is 1.58 bits per heavy atom. The van der Waals surface area contributed by atoms with E-state index in [1.165, 1.54) is 0 Å². The Kier molecular flexibility index (Phi) is 3.71. The van der Waals surface area contributed by atoms with E-state index in [1.54, 1.807) is 0 Å². The summed E-state index contributed by atoms with van der Waals surface area (Å²) in [6, 6.07) is 5.78. The SMILES string of the molecule is CCC(=O)c1cc(I)ccc1Br. The van der Waals surface area contributed by atoms with Crippen LogP contribution in [0.2, 0.25) is 0 Å². The van der Waals surface area contributed by atoms with Gasteiger partial charge in [-0.3, -0.25) is 4.79 Å². The highest BCUT2D eigenvalue weighted by atomic mass is 127. The smallest absolute Gasteiger partial charge is 0.163 e. The van der Waals surface area contributed by atoms with E-state index >= 15 is 0 Å². The summed E-state index contributed by atoms with van der Waals surface area (Å²) in [5, 5.41) is 0. The maximum absolute atomic E-state index is 11.4. The van der Waals surface area contributed by atoms with Gasteiger partial charge in [0.1, 0.15) is 0 Å². The van der Waals surface area contributed by atoms with E-state index in [9.17, 15) is 4.79 Å². The zero-order valence-electron chi connectivity index (χ0n) is 6.60. The van der Waals surface area contributed by atoms with Gasteiger partial charge in [-0.15, -0.1) is 0 Å². The molecule has 0 saturated carbocycles. The van der Waals surface area contributed by atoms with Crippen LogP contribution in [-0.2, 0) is 0 Å². The molecule has 1 aromatic carbocycles. The van der Waals surface area contributed by atoms with Gasteiger partial charge >= 0.3 is 0 Å². The first-order valence-electron chi connectivity index (χ1n) is 3.63. The average Bonchev–Trinajstić information content (AvgIpc) is 2.08. The number of carbonyl (C=O) groups excluding carboxylic acids is 1. The highest BCUT2D eigenvalue weighted by molar-refractivity contribution is 14.1. The Balaban J connectivity index is 3.13. The molecule has 0 aliphatic carbocycles. The van der Waals surface area contributed by atoms with Crippen LogP contribution in [0.25, 0.3) is 0 Å². The van der Waals surface area contributed by atoms with Crippen LogP contribution < -0.4 is 0 Å². The zero-order valence-corrected chi connectivity index (χ0v) is 10.3. The van der Waals surface area contributed by atoms with E-state index < -0.39 is 0 Å². The van der Waals surface area contributed by atoms with Crippen LogP contribution in [-0.4, -0.2) is 5.78 Å². The molecule has 0 bridgehead atoms. The van der Waals surface area contributed by atoms with Gasteiger partial charge < -0.3 is 0 Å². The van der Waals surface area contributed by atoms with Gasteiger partial charge in [-0.1, -0.05) is 22.9 Å². The second-order valence-electron chi connectivity index (χ2n) is 2.40. The molecule has 64 valence electrons. The fourth-order valence-corrected chi connectivity index (χ4v) is 1.86. The summed E-state index contributed by atoms with van der Waals surface area (Å²) >= 11 is 5.55. The largest absolute Gasteiger partial charge is 0.294 e. The van der Waals surface area contributed by atoms with Crippen molar-refractivity contribution < 1.29 is 4.79 Å². The molecule has 0 amide bonds. The molecule has 0 unspecified atom stereocenters. The van der Waals surface area contributed by atoms with Crippen LogP contribution in [0.4, 0.5) is 0 Å². The van der Waals surface area contributed by atoms with Crippen LogP contribution in [0.3, 0.4) is 0 Å². The molecule has 1 rings (SSSR count). The Labute approximate surface area is 93.8 Å². The number of carbonyl (C=O) groups is 1. The molecule has 0 saturated heterocycles. The number of hydrogen-bond donors (Lipinski definition) is 0. The van der Waals surface area contributed by atoms with Gasteiger partial charge in [-0.25, -0.2) is 0 Å². The molecule has 0 spiro atoms. The summed E-state index contributed by atoms with van der Waals surface area (Å²) in [6.07, 6.45) is 0.554. The molecule has 0 aromatic heterocycles. The fourth-order valence-electron chi connectivity index (χ4n) is 0.902. The molecule has 0 N–H and O–H groups in total. The predicted octanol–water partition coefficient (Wildman–Crippen LogP) is 3.65. The van der Waals surface area contributed by atoms with Crippen molar-refractivity contribution in [2.45, 2.75) is 13.3 Å². The van der Waals surface area contributed by atoms with Crippen molar-refractivity contribution in [3.8, 4) is 0 Å². The second-order valence-corrected chi connectivity index (χ2v) is 4.50. The molecule has 0 aliphatic heterocycles. The third-order valence-corrected chi connectivity index (χ3v) is 2.91. The Bertz CT molecular complexity index is 309. The Hall–Kier alpha value is 0.1000. The third-order valence-electron chi connectivity index (χ3n) is 1.55. The summed E-state index contributed by atoms with van der Waals surface area (Å²) in [4.78, 5) is 11.4. The van der Waals surface area contributed by atoms with Gasteiger partial charge in [-0.05, 0) is 40.8 Å². The normalized spacial score (nSPS) is 9.92. The first kappa shape index (κ1) is 10.2. The average molecular weight is 339 g/mol. The number of hydrogen-bond acceptors (Lipinski definition) is 1. The van der Waals surface area contributed by atoms with Crippen molar-refractivity contribution in [1.82, 2.24) is 0 Å². The van der Waals surface area contributed by atoms with Gasteiger partial charge in [-0.2, -0.15) is 0 Å².